The van der Waals surface area contributed by atoms with Gasteiger partial charge in [0.1, 0.15) is 0 Å². The third kappa shape index (κ3) is 5.03. The molecule has 1 heterocycles. The molecule has 0 aliphatic heterocycles. The van der Waals surface area contributed by atoms with E-state index in [1.165, 1.54) is 18.2 Å². The van der Waals surface area contributed by atoms with Crippen LogP contribution in [0.4, 0.5) is 18.9 Å². The zero-order valence-electron chi connectivity index (χ0n) is 14.5. The fraction of sp³-hybridized carbons (Fsp3) is 0.167. The Kier molecular flexibility index (Phi) is 6.19. The van der Waals surface area contributed by atoms with Gasteiger partial charge < -0.3 is 14.5 Å². The molecule has 0 aliphatic rings. The van der Waals surface area contributed by atoms with Gasteiger partial charge in [-0.25, -0.2) is 13.2 Å². The molecule has 1 atom stereocenters. The van der Waals surface area contributed by atoms with E-state index >= 15 is 0 Å². The van der Waals surface area contributed by atoms with Crippen LogP contribution in [0.25, 0.3) is 0 Å². The Hall–Kier alpha value is -3.01. The molecule has 0 bridgehead atoms. The number of aromatic nitrogens is 2. The predicted octanol–water partition coefficient (Wildman–Crippen LogP) is 4.36. The quantitative estimate of drug-likeness (QED) is 0.585. The summed E-state index contributed by atoms with van der Waals surface area (Å²) in [6, 6.07) is 8.95. The first-order valence-corrected chi connectivity index (χ1v) is 9.03. The van der Waals surface area contributed by atoms with Crippen LogP contribution in [-0.2, 0) is 4.79 Å². The molecule has 0 saturated heterocycles. The van der Waals surface area contributed by atoms with E-state index in [0.29, 0.717) is 0 Å². The van der Waals surface area contributed by atoms with Gasteiger partial charge in [0.2, 0.25) is 5.91 Å². The van der Waals surface area contributed by atoms with Gasteiger partial charge >= 0.3 is 0 Å². The van der Waals surface area contributed by atoms with Crippen LogP contribution >= 0.6 is 11.8 Å². The van der Waals surface area contributed by atoms with E-state index < -0.39 is 29.5 Å². The first-order valence-electron chi connectivity index (χ1n) is 8.04. The van der Waals surface area contributed by atoms with E-state index in [1.54, 1.807) is 19.1 Å². The molecule has 6 nitrogen and oxygen atoms in total. The van der Waals surface area contributed by atoms with E-state index in [1.807, 2.05) is 0 Å². The summed E-state index contributed by atoms with van der Waals surface area (Å²) < 4.78 is 50.5. The molecule has 0 aliphatic carbocycles. The van der Waals surface area contributed by atoms with Crippen molar-refractivity contribution in [2.75, 3.05) is 11.1 Å². The summed E-state index contributed by atoms with van der Waals surface area (Å²) in [4.78, 5) is 11.9. The number of ether oxygens (including phenoxy) is 1. The maximum Gasteiger partial charge on any atom is 0.277 e. The lowest BCUT2D eigenvalue weighted by atomic mass is 10.3. The Labute approximate surface area is 162 Å². The van der Waals surface area contributed by atoms with Crippen molar-refractivity contribution in [3.63, 3.8) is 0 Å². The fourth-order valence-electron chi connectivity index (χ4n) is 2.12. The highest BCUT2D eigenvalue weighted by molar-refractivity contribution is 7.99. The number of thioether (sulfide) groups is 1. The van der Waals surface area contributed by atoms with Crippen molar-refractivity contribution in [3.8, 4) is 5.75 Å². The van der Waals surface area contributed by atoms with Crippen molar-refractivity contribution >= 4 is 23.4 Å². The van der Waals surface area contributed by atoms with Gasteiger partial charge in [-0.3, -0.25) is 4.79 Å². The number of carbonyl (C=O) groups excluding carboxylic acids is 1. The Morgan fingerprint density at radius 2 is 1.93 bits per heavy atom. The number of para-hydroxylation sites is 1. The zero-order chi connectivity index (χ0) is 20.1. The second-order valence-electron chi connectivity index (χ2n) is 5.56. The first kappa shape index (κ1) is 19.7. The monoisotopic (exact) mass is 409 g/mol. The molecular weight excluding hydrogens is 395 g/mol. The van der Waals surface area contributed by atoms with Gasteiger partial charge in [-0.1, -0.05) is 23.9 Å². The minimum Gasteiger partial charge on any atom is -0.478 e. The summed E-state index contributed by atoms with van der Waals surface area (Å²) in [5.41, 5.74) is 0.127. The summed E-state index contributed by atoms with van der Waals surface area (Å²) in [6.07, 6.45) is -0.699. The van der Waals surface area contributed by atoms with Gasteiger partial charge in [0, 0.05) is 11.8 Å². The molecule has 1 N–H and O–H groups in total. The van der Waals surface area contributed by atoms with Crippen molar-refractivity contribution in [2.45, 2.75) is 18.3 Å². The highest BCUT2D eigenvalue weighted by Crippen LogP contribution is 2.25. The number of amides is 1. The molecule has 1 amide bonds. The van der Waals surface area contributed by atoms with Gasteiger partial charge in [-0.05, 0) is 31.2 Å². The second kappa shape index (κ2) is 8.79. The predicted molar refractivity (Wildman–Crippen MR) is 95.5 cm³/mol. The smallest absolute Gasteiger partial charge is 0.277 e. The normalized spacial score (nSPS) is 11.9. The Morgan fingerprint density at radius 1 is 1.14 bits per heavy atom. The highest BCUT2D eigenvalue weighted by atomic mass is 32.2. The average molecular weight is 409 g/mol. The maximum absolute atomic E-state index is 13.6. The third-order valence-corrected chi connectivity index (χ3v) is 4.26. The van der Waals surface area contributed by atoms with Crippen LogP contribution in [0.5, 0.6) is 5.75 Å². The minimum absolute atomic E-state index is 0.0494. The number of anilines is 1. The number of hydrogen-bond donors (Lipinski definition) is 1. The average Bonchev–Trinajstić information content (AvgIpc) is 3.14. The van der Waals surface area contributed by atoms with E-state index in [2.05, 4.69) is 15.5 Å². The van der Waals surface area contributed by atoms with Crippen molar-refractivity contribution < 1.29 is 27.1 Å². The van der Waals surface area contributed by atoms with E-state index in [4.69, 9.17) is 9.15 Å². The number of nitrogens with zero attached hydrogens (tertiary/aromatic N) is 2. The molecule has 10 heteroatoms. The van der Waals surface area contributed by atoms with Crippen molar-refractivity contribution in [3.05, 3.63) is 65.8 Å². The van der Waals surface area contributed by atoms with Gasteiger partial charge in [0.25, 0.3) is 11.1 Å². The molecule has 0 fully saturated rings. The SMILES string of the molecule is C[C@@H](Oc1ccccc1F)c1nnc(SCC(=O)Nc2ccc(F)c(F)c2)o1. The highest BCUT2D eigenvalue weighted by Gasteiger charge is 2.18. The molecule has 28 heavy (non-hydrogen) atoms. The minimum atomic E-state index is -1.06. The number of rotatable bonds is 7. The standard InChI is InChI=1S/C18H14F3N3O3S/c1-10(26-15-5-3-2-4-13(15)20)17-23-24-18(27-17)28-9-16(25)22-11-6-7-12(19)14(21)8-11/h2-8,10H,9H2,1H3,(H,22,25)/t10-/m1/s1. The van der Waals surface area contributed by atoms with E-state index in [9.17, 15) is 18.0 Å². The van der Waals surface area contributed by atoms with Crippen LogP contribution in [-0.4, -0.2) is 21.9 Å². The molecule has 146 valence electrons. The van der Waals surface area contributed by atoms with Gasteiger partial charge in [-0.15, -0.1) is 10.2 Å². The van der Waals surface area contributed by atoms with Crippen LogP contribution in [0.1, 0.15) is 18.9 Å². The number of hydrogen-bond acceptors (Lipinski definition) is 6. The van der Waals surface area contributed by atoms with E-state index in [0.717, 1.165) is 23.9 Å². The van der Waals surface area contributed by atoms with Crippen molar-refractivity contribution in [1.82, 2.24) is 10.2 Å². The lowest BCUT2D eigenvalue weighted by molar-refractivity contribution is -0.113. The van der Waals surface area contributed by atoms with Crippen molar-refractivity contribution in [1.29, 1.82) is 0 Å². The zero-order valence-corrected chi connectivity index (χ0v) is 15.3. The van der Waals surface area contributed by atoms with Crippen LogP contribution in [0.2, 0.25) is 0 Å². The van der Waals surface area contributed by atoms with Crippen molar-refractivity contribution in [2.24, 2.45) is 0 Å². The number of carbonyl (C=O) groups is 1. The first-order chi connectivity index (χ1) is 13.4. The van der Waals surface area contributed by atoms with Gasteiger partial charge in [0.15, 0.2) is 29.3 Å². The molecule has 0 unspecified atom stereocenters. The Morgan fingerprint density at radius 3 is 2.68 bits per heavy atom. The second-order valence-corrected chi connectivity index (χ2v) is 6.49. The Bertz CT molecular complexity index is 983. The molecule has 1 aromatic heterocycles. The van der Waals surface area contributed by atoms with Gasteiger partial charge in [0.05, 0.1) is 5.75 Å². The number of benzene rings is 2. The lowest BCUT2D eigenvalue weighted by Gasteiger charge is -2.11. The molecule has 0 spiro atoms. The van der Waals surface area contributed by atoms with Gasteiger partial charge in [-0.2, -0.15) is 0 Å². The molecular formula is C18H14F3N3O3S. The fourth-order valence-corrected chi connectivity index (χ4v) is 2.69. The van der Waals surface area contributed by atoms with Crippen LogP contribution in [0.3, 0.4) is 0 Å². The van der Waals surface area contributed by atoms with Crippen LogP contribution in [0, 0.1) is 17.5 Å². The molecule has 3 rings (SSSR count). The lowest BCUT2D eigenvalue weighted by Crippen LogP contribution is -2.14. The van der Waals surface area contributed by atoms with E-state index in [-0.39, 0.29) is 28.3 Å². The topological polar surface area (TPSA) is 77.2 Å². The largest absolute Gasteiger partial charge is 0.478 e. The summed E-state index contributed by atoms with van der Waals surface area (Å²) in [5.74, 6) is -2.97. The third-order valence-electron chi connectivity index (χ3n) is 3.44. The summed E-state index contributed by atoms with van der Waals surface area (Å²) in [5, 5.41) is 10.1. The molecule has 2 aromatic carbocycles. The summed E-state index contributed by atoms with van der Waals surface area (Å²) in [6.45, 7) is 1.62. The van der Waals surface area contributed by atoms with Crippen LogP contribution < -0.4 is 10.1 Å². The Balaban J connectivity index is 1.53. The summed E-state index contributed by atoms with van der Waals surface area (Å²) in [7, 11) is 0. The molecule has 0 saturated carbocycles. The maximum atomic E-state index is 13.6. The molecule has 3 aromatic rings. The number of halogens is 3. The number of nitrogens with one attached hydrogen (secondary N) is 1. The molecule has 0 radical (unpaired) electrons. The summed E-state index contributed by atoms with van der Waals surface area (Å²) >= 11 is 0.953. The van der Waals surface area contributed by atoms with Crippen LogP contribution in [0.15, 0.2) is 52.1 Å².